The number of nitrogen functional groups attached to an aromatic ring is 1. The number of phosphoric ester groups is 3. The number of rotatable bonds is 34. The second-order valence-electron chi connectivity index (χ2n) is 18.1. The van der Waals surface area contributed by atoms with Crippen molar-refractivity contribution >= 4 is 69.1 Å². The first-order valence-electron chi connectivity index (χ1n) is 23.0. The quantitative estimate of drug-likeness (QED) is 0.0247. The Bertz CT molecular complexity index is 2110. The van der Waals surface area contributed by atoms with Crippen LogP contribution in [-0.4, -0.2) is 123 Å². The van der Waals surface area contributed by atoms with E-state index in [9.17, 15) is 57.9 Å². The number of aliphatic hydroxyl groups excluding tert-OH is 2. The molecule has 3 rings (SSSR count). The van der Waals surface area contributed by atoms with Crippen LogP contribution >= 0.6 is 35.2 Å². The van der Waals surface area contributed by atoms with Crippen molar-refractivity contribution in [3.8, 4) is 0 Å². The van der Waals surface area contributed by atoms with E-state index in [2.05, 4.69) is 67.3 Å². The molecule has 3 unspecified atom stereocenters. The molecule has 10 N–H and O–H groups in total. The molecule has 0 aliphatic carbocycles. The van der Waals surface area contributed by atoms with Gasteiger partial charge in [-0.2, -0.15) is 4.31 Å². The van der Waals surface area contributed by atoms with Gasteiger partial charge >= 0.3 is 23.5 Å². The Morgan fingerprint density at radius 2 is 1.59 bits per heavy atom. The number of ether oxygens (including phenoxy) is 1. The number of thioether (sulfide) groups is 1. The normalized spacial score (nSPS) is 20.5. The van der Waals surface area contributed by atoms with Gasteiger partial charge in [0.2, 0.25) is 11.8 Å². The maximum absolute atomic E-state index is 12.7. The summed E-state index contributed by atoms with van der Waals surface area (Å²) in [4.78, 5) is 88.5. The Morgan fingerprint density at radius 3 is 2.30 bits per heavy atom. The minimum atomic E-state index is -5.58. The molecule has 0 radical (unpaired) electrons. The SMILES string of the molecule is CC(C)CCCCC(C)C/C=C\CCCCCCCC(=O)SCCNC(=O)CCNC(=O)[C@H](O)C(C)(C)COP(=O)(O)OP(=O)(O)OC[C@H]1O[C@@H](n2cnc3c(N)ncnc32)[C@H](O)[C@@H]1OP(=O)(O)O. The van der Waals surface area contributed by atoms with E-state index in [1.54, 1.807) is 0 Å². The number of aromatic nitrogens is 4. The first-order chi connectivity index (χ1) is 32.3. The minimum Gasteiger partial charge on any atom is -0.386 e. The van der Waals surface area contributed by atoms with Gasteiger partial charge in [-0.1, -0.05) is 103 Å². The molecule has 0 spiro atoms. The molecule has 1 aliphatic rings. The Morgan fingerprint density at radius 1 is 0.913 bits per heavy atom. The van der Waals surface area contributed by atoms with Crippen LogP contribution in [0.4, 0.5) is 5.82 Å². The Balaban J connectivity index is 1.29. The number of carbonyl (C=O) groups is 3. The van der Waals surface area contributed by atoms with E-state index in [0.717, 1.165) is 85.8 Å². The predicted octanol–water partition coefficient (Wildman–Crippen LogP) is 5.19. The lowest BCUT2D eigenvalue weighted by Gasteiger charge is -2.30. The van der Waals surface area contributed by atoms with Gasteiger partial charge in [0.1, 0.15) is 36.3 Å². The van der Waals surface area contributed by atoms with Crippen molar-refractivity contribution in [3.63, 3.8) is 0 Å². The molecule has 24 nitrogen and oxygen atoms in total. The molecule has 28 heteroatoms. The smallest absolute Gasteiger partial charge is 0.386 e. The number of amides is 2. The third-order valence-corrected chi connectivity index (χ3v) is 15.0. The minimum absolute atomic E-state index is 0.0328. The van der Waals surface area contributed by atoms with Gasteiger partial charge in [0, 0.05) is 37.1 Å². The Kier molecular flexibility index (Phi) is 25.6. The van der Waals surface area contributed by atoms with E-state index >= 15 is 0 Å². The third kappa shape index (κ3) is 22.7. The topological polar surface area (TPSA) is 364 Å². The zero-order chi connectivity index (χ0) is 51.4. The van der Waals surface area contributed by atoms with E-state index < -0.39 is 84.6 Å². The van der Waals surface area contributed by atoms with Crippen molar-refractivity contribution in [2.75, 3.05) is 37.8 Å². The number of nitrogens with two attached hydrogens (primary N) is 1. The molecule has 8 atom stereocenters. The number of carbonyl (C=O) groups excluding carboxylic acids is 3. The van der Waals surface area contributed by atoms with Gasteiger partial charge in [-0.05, 0) is 37.5 Å². The second-order valence-corrected chi connectivity index (χ2v) is 23.5. The van der Waals surface area contributed by atoms with Crippen molar-refractivity contribution in [1.82, 2.24) is 30.2 Å². The monoisotopic (exact) mass is 1060 g/mol. The number of hydrogen-bond donors (Lipinski definition) is 9. The summed E-state index contributed by atoms with van der Waals surface area (Å²) in [5, 5.41) is 26.7. The summed E-state index contributed by atoms with van der Waals surface area (Å²) in [6.45, 7) is 7.43. The van der Waals surface area contributed by atoms with Crippen LogP contribution in [0.3, 0.4) is 0 Å². The molecule has 3 heterocycles. The average molecular weight is 1060 g/mol. The standard InChI is InChI=1S/C41H72N7O17P3S/c1-28(2)16-14-15-18-29(3)17-12-10-8-6-7-9-11-13-19-32(50)69-23-22-43-31(49)20-21-44-39(53)36(52)41(4,5)25-62-68(59,60)65-67(57,58)61-24-30-35(64-66(54,55)56)34(51)40(63-30)48-27-47-33-37(42)45-26-46-38(33)48/h10,12,26-30,34-36,40,51-52H,6-9,11,13-25H2,1-5H3,(H,43,49)(H,44,53)(H,57,58)(H,59,60)(H2,42,45,46)(H2,54,55,56)/b12-10-/t29?,30-,34-,35-,36+,40-/m1/s1. The number of unbranched alkanes of at least 4 members (excludes halogenated alkanes) is 6. The van der Waals surface area contributed by atoms with Crippen molar-refractivity contribution in [2.24, 2.45) is 17.3 Å². The molecule has 2 aromatic heterocycles. The summed E-state index contributed by atoms with van der Waals surface area (Å²) in [6.07, 6.45) is 10.8. The molecule has 0 saturated carbocycles. The first kappa shape index (κ1) is 60.6. The molecule has 0 bridgehead atoms. The van der Waals surface area contributed by atoms with Crippen LogP contribution < -0.4 is 16.4 Å². The molecule has 0 aromatic carbocycles. The van der Waals surface area contributed by atoms with Crippen LogP contribution in [0.15, 0.2) is 24.8 Å². The summed E-state index contributed by atoms with van der Waals surface area (Å²) in [6, 6.07) is 0. The number of anilines is 1. The van der Waals surface area contributed by atoms with Crippen LogP contribution in [0, 0.1) is 17.3 Å². The largest absolute Gasteiger partial charge is 0.481 e. The average Bonchev–Trinajstić information content (AvgIpc) is 3.82. The Hall–Kier alpha value is -2.70. The van der Waals surface area contributed by atoms with E-state index in [0.29, 0.717) is 12.2 Å². The number of phosphoric acid groups is 3. The maximum atomic E-state index is 12.7. The number of allylic oxidation sites excluding steroid dienone is 2. The van der Waals surface area contributed by atoms with Crippen LogP contribution in [-0.2, 0) is 50.7 Å². The Labute approximate surface area is 407 Å². The highest BCUT2D eigenvalue weighted by atomic mass is 32.2. The maximum Gasteiger partial charge on any atom is 0.481 e. The number of fused-ring (bicyclic) bond motifs is 1. The predicted molar refractivity (Wildman–Crippen MR) is 256 cm³/mol. The highest BCUT2D eigenvalue weighted by Gasteiger charge is 2.50. The second kappa shape index (κ2) is 29.1. The number of hydrogen-bond acceptors (Lipinski definition) is 18. The lowest BCUT2D eigenvalue weighted by atomic mass is 9.87. The fourth-order valence-electron chi connectivity index (χ4n) is 7.04. The summed E-state index contributed by atoms with van der Waals surface area (Å²) >= 11 is 1.15. The molecule has 2 amide bonds. The zero-order valence-corrected chi connectivity index (χ0v) is 43.4. The van der Waals surface area contributed by atoms with Crippen LogP contribution in [0.5, 0.6) is 0 Å². The van der Waals surface area contributed by atoms with Gasteiger partial charge in [-0.15, -0.1) is 0 Å². The highest BCUT2D eigenvalue weighted by Crippen LogP contribution is 2.61. The number of nitrogens with zero attached hydrogens (tertiary/aromatic N) is 4. The van der Waals surface area contributed by atoms with Crippen molar-refractivity contribution in [3.05, 3.63) is 24.8 Å². The van der Waals surface area contributed by atoms with Gasteiger partial charge in [-0.25, -0.2) is 28.6 Å². The highest BCUT2D eigenvalue weighted by molar-refractivity contribution is 8.13. The number of aliphatic hydroxyl groups is 2. The van der Waals surface area contributed by atoms with Gasteiger partial charge in [0.15, 0.2) is 22.8 Å². The summed E-state index contributed by atoms with van der Waals surface area (Å²) < 4.78 is 62.5. The number of imidazole rings is 1. The molecule has 394 valence electrons. The van der Waals surface area contributed by atoms with E-state index in [1.807, 2.05) is 0 Å². The molecular formula is C41H72N7O17P3S. The fourth-order valence-corrected chi connectivity index (χ4v) is 10.6. The summed E-state index contributed by atoms with van der Waals surface area (Å²) in [5.74, 6) is 0.474. The van der Waals surface area contributed by atoms with Crippen LogP contribution in [0.25, 0.3) is 11.2 Å². The van der Waals surface area contributed by atoms with Gasteiger partial charge in [-0.3, -0.25) is 32.5 Å². The van der Waals surface area contributed by atoms with Crippen LogP contribution in [0.2, 0.25) is 0 Å². The summed E-state index contributed by atoms with van der Waals surface area (Å²) in [5.41, 5.74) is 4.29. The molecule has 1 saturated heterocycles. The van der Waals surface area contributed by atoms with E-state index in [1.165, 1.54) is 39.5 Å². The van der Waals surface area contributed by atoms with Gasteiger partial charge in [0.05, 0.1) is 19.5 Å². The summed E-state index contributed by atoms with van der Waals surface area (Å²) in [7, 11) is -16.4. The van der Waals surface area contributed by atoms with Crippen molar-refractivity contribution in [1.29, 1.82) is 0 Å². The zero-order valence-electron chi connectivity index (χ0n) is 39.9. The van der Waals surface area contributed by atoms with Gasteiger partial charge < -0.3 is 50.9 Å². The molecule has 69 heavy (non-hydrogen) atoms. The molecule has 1 fully saturated rings. The fraction of sp³-hybridized carbons (Fsp3) is 0.756. The van der Waals surface area contributed by atoms with Crippen molar-refractivity contribution < 1.29 is 80.5 Å². The van der Waals surface area contributed by atoms with Crippen molar-refractivity contribution in [2.45, 2.75) is 149 Å². The molecule has 1 aliphatic heterocycles. The molecule has 2 aromatic rings. The lowest BCUT2D eigenvalue weighted by Crippen LogP contribution is -2.46. The van der Waals surface area contributed by atoms with E-state index in [4.69, 9.17) is 19.5 Å². The number of nitrogens with one attached hydrogen (secondary N) is 2. The van der Waals surface area contributed by atoms with Gasteiger partial charge in [0.25, 0.3) is 0 Å². The van der Waals surface area contributed by atoms with Crippen LogP contribution in [0.1, 0.15) is 124 Å². The molecular weight excluding hydrogens is 987 g/mol. The van der Waals surface area contributed by atoms with E-state index in [-0.39, 0.29) is 41.6 Å². The lowest BCUT2D eigenvalue weighted by molar-refractivity contribution is -0.137. The third-order valence-electron chi connectivity index (χ3n) is 11.0. The first-order valence-corrected chi connectivity index (χ1v) is 28.5.